The number of hydrogen-bond donors (Lipinski definition) is 0. The van der Waals surface area contributed by atoms with E-state index in [4.69, 9.17) is 0 Å². The molecule has 0 saturated heterocycles. The summed E-state index contributed by atoms with van der Waals surface area (Å²) in [5.74, 6) is 0.787. The Hall–Kier alpha value is -0.630. The molecule has 1 aromatic rings. The van der Waals surface area contributed by atoms with E-state index < -0.39 is 10.8 Å². The van der Waals surface area contributed by atoms with Gasteiger partial charge in [0, 0.05) is 10.6 Å². The highest BCUT2D eigenvalue weighted by molar-refractivity contribution is 7.85. The van der Waals surface area contributed by atoms with Crippen LogP contribution in [0.5, 0.6) is 0 Å². The average Bonchev–Trinajstić information content (AvgIpc) is 2.24. The molecule has 0 N–H and O–H groups in total. The Morgan fingerprint density at radius 3 is 2.18 bits per heavy atom. The lowest BCUT2D eigenvalue weighted by Gasteiger charge is -2.18. The van der Waals surface area contributed by atoms with E-state index in [0.29, 0.717) is 5.41 Å². The zero-order chi connectivity index (χ0) is 12.9. The van der Waals surface area contributed by atoms with Crippen molar-refractivity contribution in [1.29, 1.82) is 0 Å². The highest BCUT2D eigenvalue weighted by atomic mass is 32.2. The summed E-state index contributed by atoms with van der Waals surface area (Å²) in [5.41, 5.74) is 1.64. The molecule has 96 valence electrons. The molecule has 0 aliphatic heterocycles. The normalized spacial score (nSPS) is 13.6. The standard InChI is InChI=1S/C15H24OS/c1-5-6-11-17(16)14-9-7-13(8-10-14)12-15(2,3)4/h7-10H,5-6,11-12H2,1-4H3. The van der Waals surface area contributed by atoms with E-state index in [2.05, 4.69) is 39.8 Å². The Morgan fingerprint density at radius 1 is 1.12 bits per heavy atom. The maximum absolute atomic E-state index is 11.9. The van der Waals surface area contributed by atoms with Gasteiger partial charge in [-0.1, -0.05) is 46.2 Å². The van der Waals surface area contributed by atoms with Crippen LogP contribution < -0.4 is 0 Å². The van der Waals surface area contributed by atoms with Crippen molar-refractivity contribution in [2.45, 2.75) is 51.9 Å². The summed E-state index contributed by atoms with van der Waals surface area (Å²) in [6, 6.07) is 8.27. The van der Waals surface area contributed by atoms with Crippen molar-refractivity contribution >= 4 is 10.8 Å². The van der Waals surface area contributed by atoms with Crippen LogP contribution in [-0.4, -0.2) is 9.96 Å². The van der Waals surface area contributed by atoms with E-state index in [0.717, 1.165) is 29.9 Å². The van der Waals surface area contributed by atoms with Gasteiger partial charge >= 0.3 is 0 Å². The predicted molar refractivity (Wildman–Crippen MR) is 75.8 cm³/mol. The van der Waals surface area contributed by atoms with E-state index >= 15 is 0 Å². The Bertz CT molecular complexity index is 360. The third-order valence-electron chi connectivity index (χ3n) is 2.60. The lowest BCUT2D eigenvalue weighted by atomic mass is 9.88. The number of rotatable bonds is 5. The van der Waals surface area contributed by atoms with Gasteiger partial charge in [0.2, 0.25) is 0 Å². The van der Waals surface area contributed by atoms with E-state index in [9.17, 15) is 4.21 Å². The summed E-state index contributed by atoms with van der Waals surface area (Å²) in [4.78, 5) is 0.969. The lowest BCUT2D eigenvalue weighted by molar-refractivity contribution is 0.411. The zero-order valence-corrected chi connectivity index (χ0v) is 12.3. The second-order valence-electron chi connectivity index (χ2n) is 5.78. The Morgan fingerprint density at radius 2 is 1.71 bits per heavy atom. The molecule has 0 heterocycles. The van der Waals surface area contributed by atoms with Gasteiger partial charge < -0.3 is 0 Å². The molecule has 17 heavy (non-hydrogen) atoms. The first-order valence-electron chi connectivity index (χ1n) is 6.40. The fraction of sp³-hybridized carbons (Fsp3) is 0.600. The van der Waals surface area contributed by atoms with E-state index in [1.165, 1.54) is 5.56 Å². The quantitative estimate of drug-likeness (QED) is 0.768. The van der Waals surface area contributed by atoms with Gasteiger partial charge in [0.1, 0.15) is 0 Å². The average molecular weight is 252 g/mol. The summed E-state index contributed by atoms with van der Waals surface area (Å²) in [6.07, 6.45) is 3.21. The van der Waals surface area contributed by atoms with Gasteiger partial charge in [-0.2, -0.15) is 0 Å². The van der Waals surface area contributed by atoms with Crippen molar-refractivity contribution in [2.24, 2.45) is 5.41 Å². The Labute approximate surface area is 108 Å². The third kappa shape index (κ3) is 5.49. The summed E-state index contributed by atoms with van der Waals surface area (Å²) in [6.45, 7) is 8.84. The molecule has 0 aromatic heterocycles. The van der Waals surface area contributed by atoms with Crippen molar-refractivity contribution in [1.82, 2.24) is 0 Å². The zero-order valence-electron chi connectivity index (χ0n) is 11.5. The molecule has 1 rings (SSSR count). The number of benzene rings is 1. The largest absolute Gasteiger partial charge is 0.254 e. The molecule has 0 saturated carbocycles. The van der Waals surface area contributed by atoms with E-state index in [-0.39, 0.29) is 0 Å². The molecule has 1 nitrogen and oxygen atoms in total. The molecule has 0 aliphatic carbocycles. The van der Waals surface area contributed by atoms with Gasteiger partial charge in [0.25, 0.3) is 0 Å². The van der Waals surface area contributed by atoms with Crippen LogP contribution in [0.4, 0.5) is 0 Å². The monoisotopic (exact) mass is 252 g/mol. The summed E-state index contributed by atoms with van der Waals surface area (Å²) in [7, 11) is -0.815. The third-order valence-corrected chi connectivity index (χ3v) is 4.06. The smallest absolute Gasteiger partial charge is 0.0529 e. The van der Waals surface area contributed by atoms with Crippen LogP contribution in [0, 0.1) is 5.41 Å². The molecule has 0 bridgehead atoms. The van der Waals surface area contributed by atoms with Crippen molar-refractivity contribution in [2.75, 3.05) is 5.75 Å². The van der Waals surface area contributed by atoms with Crippen molar-refractivity contribution < 1.29 is 4.21 Å². The summed E-state index contributed by atoms with van der Waals surface area (Å²) < 4.78 is 11.9. The van der Waals surface area contributed by atoms with Gasteiger partial charge in [-0.3, -0.25) is 4.21 Å². The predicted octanol–water partition coefficient (Wildman–Crippen LogP) is 4.18. The second-order valence-corrected chi connectivity index (χ2v) is 7.36. The first-order valence-corrected chi connectivity index (χ1v) is 7.71. The molecule has 1 aromatic carbocycles. The van der Waals surface area contributed by atoms with Crippen LogP contribution >= 0.6 is 0 Å². The van der Waals surface area contributed by atoms with Crippen LogP contribution in [0.2, 0.25) is 0 Å². The Balaban J connectivity index is 2.64. The minimum atomic E-state index is -0.815. The molecular weight excluding hydrogens is 228 g/mol. The highest BCUT2D eigenvalue weighted by Gasteiger charge is 2.11. The summed E-state index contributed by atoms with van der Waals surface area (Å²) >= 11 is 0. The fourth-order valence-electron chi connectivity index (χ4n) is 1.76. The van der Waals surface area contributed by atoms with Crippen LogP contribution in [0.1, 0.15) is 46.1 Å². The fourth-order valence-corrected chi connectivity index (χ4v) is 2.99. The molecule has 0 fully saturated rings. The molecule has 0 spiro atoms. The van der Waals surface area contributed by atoms with Crippen LogP contribution in [0.25, 0.3) is 0 Å². The number of hydrogen-bond acceptors (Lipinski definition) is 1. The molecule has 2 heteroatoms. The molecule has 0 radical (unpaired) electrons. The van der Waals surface area contributed by atoms with Crippen LogP contribution in [-0.2, 0) is 17.2 Å². The van der Waals surface area contributed by atoms with Crippen LogP contribution in [0.15, 0.2) is 29.2 Å². The van der Waals surface area contributed by atoms with Gasteiger partial charge in [0.05, 0.1) is 10.8 Å². The van der Waals surface area contributed by atoms with Crippen molar-refractivity contribution in [3.05, 3.63) is 29.8 Å². The van der Waals surface area contributed by atoms with Crippen LogP contribution in [0.3, 0.4) is 0 Å². The lowest BCUT2D eigenvalue weighted by Crippen LogP contribution is -2.09. The first-order chi connectivity index (χ1) is 7.92. The van der Waals surface area contributed by atoms with Gasteiger partial charge in [-0.05, 0) is 36.0 Å². The van der Waals surface area contributed by atoms with E-state index in [1.54, 1.807) is 0 Å². The number of unbranched alkanes of at least 4 members (excludes halogenated alkanes) is 1. The van der Waals surface area contributed by atoms with Crippen molar-refractivity contribution in [3.63, 3.8) is 0 Å². The van der Waals surface area contributed by atoms with E-state index in [1.807, 2.05) is 12.1 Å². The van der Waals surface area contributed by atoms with Crippen molar-refractivity contribution in [3.8, 4) is 0 Å². The SMILES string of the molecule is CCCCS(=O)c1ccc(CC(C)(C)C)cc1. The molecule has 0 amide bonds. The summed E-state index contributed by atoms with van der Waals surface area (Å²) in [5, 5.41) is 0. The topological polar surface area (TPSA) is 17.1 Å². The second kappa shape index (κ2) is 6.34. The van der Waals surface area contributed by atoms with Gasteiger partial charge in [0.15, 0.2) is 0 Å². The first kappa shape index (κ1) is 14.4. The maximum atomic E-state index is 11.9. The highest BCUT2D eigenvalue weighted by Crippen LogP contribution is 2.21. The molecule has 0 aliphatic rings. The molecular formula is C15H24OS. The minimum Gasteiger partial charge on any atom is -0.254 e. The minimum absolute atomic E-state index is 0.308. The molecule has 1 unspecified atom stereocenters. The van der Waals surface area contributed by atoms with Gasteiger partial charge in [-0.25, -0.2) is 0 Å². The molecule has 1 atom stereocenters. The van der Waals surface area contributed by atoms with Gasteiger partial charge in [-0.15, -0.1) is 0 Å². The Kier molecular flexibility index (Phi) is 5.38. The maximum Gasteiger partial charge on any atom is 0.0529 e.